The Balaban J connectivity index is 2.46. The first-order valence-electron chi connectivity index (χ1n) is 4.01. The van der Waals surface area contributed by atoms with Crippen molar-refractivity contribution in [1.82, 2.24) is 0 Å². The number of benzene rings is 1. The van der Waals surface area contributed by atoms with E-state index in [4.69, 9.17) is 0 Å². The van der Waals surface area contributed by atoms with Gasteiger partial charge in [0.25, 0.3) is 0 Å². The van der Waals surface area contributed by atoms with Gasteiger partial charge in [0.15, 0.2) is 0 Å². The Morgan fingerprint density at radius 3 is 2.83 bits per heavy atom. The molecule has 0 radical (unpaired) electrons. The Bertz CT molecular complexity index is 328. The second kappa shape index (κ2) is 2.63. The summed E-state index contributed by atoms with van der Waals surface area (Å²) in [5, 5.41) is 0. The number of aliphatic imine (C=N–C) groups is 1. The summed E-state index contributed by atoms with van der Waals surface area (Å²) in [6.45, 7) is 4.36. The van der Waals surface area contributed by atoms with Crippen molar-refractivity contribution in [2.75, 3.05) is 0 Å². The second-order valence-electron chi connectivity index (χ2n) is 3.43. The molecule has 1 nitrogen and oxygen atoms in total. The molecule has 1 aromatic rings. The largest absolute Gasteiger partial charge is 0.259 e. The fourth-order valence-corrected chi connectivity index (χ4v) is 2.23. The predicted molar refractivity (Wildman–Crippen MR) is 54.5 cm³/mol. The van der Waals surface area contributed by atoms with Gasteiger partial charge in [0.05, 0.1) is 10.4 Å². The highest BCUT2D eigenvalue weighted by molar-refractivity contribution is 8.01. The lowest BCUT2D eigenvalue weighted by atomic mass is 10.2. The summed E-state index contributed by atoms with van der Waals surface area (Å²) in [5.41, 5.74) is 1.10. The van der Waals surface area contributed by atoms with Crippen molar-refractivity contribution in [1.29, 1.82) is 0 Å². The van der Waals surface area contributed by atoms with Gasteiger partial charge >= 0.3 is 0 Å². The van der Waals surface area contributed by atoms with E-state index in [-0.39, 0.29) is 4.75 Å². The molecule has 0 aromatic heterocycles. The van der Waals surface area contributed by atoms with Crippen molar-refractivity contribution >= 4 is 23.7 Å². The Kier molecular flexibility index (Phi) is 1.72. The normalized spacial score (nSPS) is 18.8. The Hall–Kier alpha value is -0.760. The maximum Gasteiger partial charge on any atom is 0.0762 e. The van der Waals surface area contributed by atoms with Crippen molar-refractivity contribution in [2.24, 2.45) is 4.99 Å². The summed E-state index contributed by atoms with van der Waals surface area (Å²) in [5.74, 6) is 0. The van der Waals surface area contributed by atoms with Crippen LogP contribution in [0.15, 0.2) is 34.2 Å². The van der Waals surface area contributed by atoms with E-state index >= 15 is 0 Å². The fourth-order valence-electron chi connectivity index (χ4n) is 1.18. The van der Waals surface area contributed by atoms with E-state index in [0.717, 1.165) is 5.69 Å². The van der Waals surface area contributed by atoms with Gasteiger partial charge in [-0.15, -0.1) is 11.8 Å². The minimum atomic E-state index is 0.147. The number of fused-ring (bicyclic) bond motifs is 1. The van der Waals surface area contributed by atoms with Crippen LogP contribution < -0.4 is 0 Å². The zero-order valence-electron chi connectivity index (χ0n) is 7.24. The Morgan fingerprint density at radius 1 is 1.25 bits per heavy atom. The molecular formula is C10H11NS. The molecule has 12 heavy (non-hydrogen) atoms. The lowest BCUT2D eigenvalue weighted by molar-refractivity contribution is 0.961. The van der Waals surface area contributed by atoms with Crippen LogP contribution in [0.25, 0.3) is 0 Å². The van der Waals surface area contributed by atoms with Gasteiger partial charge in [-0.05, 0) is 26.0 Å². The van der Waals surface area contributed by atoms with Gasteiger partial charge in [-0.2, -0.15) is 0 Å². The summed E-state index contributed by atoms with van der Waals surface area (Å²) < 4.78 is 0.147. The van der Waals surface area contributed by atoms with Gasteiger partial charge in [0, 0.05) is 11.1 Å². The molecule has 2 heteroatoms. The molecule has 0 amide bonds. The first-order valence-corrected chi connectivity index (χ1v) is 4.82. The molecule has 0 saturated carbocycles. The van der Waals surface area contributed by atoms with Gasteiger partial charge in [0.1, 0.15) is 0 Å². The van der Waals surface area contributed by atoms with Crippen LogP contribution in [0.2, 0.25) is 0 Å². The first kappa shape index (κ1) is 7.87. The molecule has 0 spiro atoms. The van der Waals surface area contributed by atoms with E-state index in [0.29, 0.717) is 0 Å². The van der Waals surface area contributed by atoms with Gasteiger partial charge in [0.2, 0.25) is 0 Å². The van der Waals surface area contributed by atoms with Gasteiger partial charge in [-0.1, -0.05) is 12.1 Å². The third-order valence-corrected chi connectivity index (χ3v) is 2.95. The predicted octanol–water partition coefficient (Wildman–Crippen LogP) is 3.27. The third-order valence-electron chi connectivity index (χ3n) is 1.75. The van der Waals surface area contributed by atoms with Gasteiger partial charge in [-0.25, -0.2) is 0 Å². The summed E-state index contributed by atoms with van der Waals surface area (Å²) in [6.07, 6.45) is 2.01. The van der Waals surface area contributed by atoms with E-state index in [9.17, 15) is 0 Å². The van der Waals surface area contributed by atoms with E-state index in [1.54, 1.807) is 0 Å². The minimum Gasteiger partial charge on any atom is -0.259 e. The van der Waals surface area contributed by atoms with Crippen LogP contribution in [-0.2, 0) is 0 Å². The number of hydrogen-bond donors (Lipinski definition) is 0. The van der Waals surface area contributed by atoms with Crippen molar-refractivity contribution < 1.29 is 0 Å². The Morgan fingerprint density at radius 2 is 2.00 bits per heavy atom. The summed E-state index contributed by atoms with van der Waals surface area (Å²) in [6, 6.07) is 8.25. The molecule has 1 aliphatic rings. The molecule has 0 atom stereocenters. The molecule has 0 N–H and O–H groups in total. The average Bonchev–Trinajstić information content (AvgIpc) is 2.02. The van der Waals surface area contributed by atoms with Crippen LogP contribution in [0.5, 0.6) is 0 Å². The van der Waals surface area contributed by atoms with E-state index in [2.05, 4.69) is 31.0 Å². The molecule has 1 aliphatic heterocycles. The van der Waals surface area contributed by atoms with E-state index in [1.807, 2.05) is 30.1 Å². The smallest absolute Gasteiger partial charge is 0.0762 e. The molecule has 0 unspecified atom stereocenters. The topological polar surface area (TPSA) is 12.4 Å². The van der Waals surface area contributed by atoms with Crippen LogP contribution in [0.3, 0.4) is 0 Å². The molecule has 0 fully saturated rings. The number of rotatable bonds is 0. The lowest BCUT2D eigenvalue weighted by Crippen LogP contribution is -2.18. The third kappa shape index (κ3) is 1.39. The summed E-state index contributed by atoms with van der Waals surface area (Å²) in [7, 11) is 0. The molecule has 1 heterocycles. The highest BCUT2D eigenvalue weighted by Gasteiger charge is 2.21. The van der Waals surface area contributed by atoms with Gasteiger partial charge < -0.3 is 0 Å². The molecule has 62 valence electrons. The number of hydrogen-bond acceptors (Lipinski definition) is 2. The van der Waals surface area contributed by atoms with Crippen molar-refractivity contribution in [3.8, 4) is 0 Å². The number of nitrogens with zero attached hydrogens (tertiary/aromatic N) is 1. The average molecular weight is 177 g/mol. The zero-order valence-corrected chi connectivity index (χ0v) is 8.06. The highest BCUT2D eigenvalue weighted by Crippen LogP contribution is 2.40. The van der Waals surface area contributed by atoms with Crippen LogP contribution in [0.4, 0.5) is 5.69 Å². The van der Waals surface area contributed by atoms with Crippen molar-refractivity contribution in [3.63, 3.8) is 0 Å². The minimum absolute atomic E-state index is 0.147. The molecule has 0 bridgehead atoms. The van der Waals surface area contributed by atoms with Crippen molar-refractivity contribution in [3.05, 3.63) is 24.3 Å². The van der Waals surface area contributed by atoms with Crippen LogP contribution in [-0.4, -0.2) is 11.0 Å². The molecule has 2 rings (SSSR count). The molecule has 1 aromatic carbocycles. The standard InChI is InChI=1S/C10H11NS/c1-10(2)7-11-8-5-3-4-6-9(8)12-10/h3-7H,1-2H3. The van der Waals surface area contributed by atoms with Crippen LogP contribution >= 0.6 is 11.8 Å². The zero-order chi connectivity index (χ0) is 8.60. The molecular weight excluding hydrogens is 166 g/mol. The first-order chi connectivity index (χ1) is 5.67. The maximum atomic E-state index is 4.40. The monoisotopic (exact) mass is 177 g/mol. The van der Waals surface area contributed by atoms with E-state index in [1.165, 1.54) is 4.90 Å². The summed E-state index contributed by atoms with van der Waals surface area (Å²) >= 11 is 1.86. The lowest BCUT2D eigenvalue weighted by Gasteiger charge is -2.23. The number of para-hydroxylation sites is 1. The van der Waals surface area contributed by atoms with E-state index < -0.39 is 0 Å². The number of thioether (sulfide) groups is 1. The Labute approximate surface area is 76.9 Å². The van der Waals surface area contributed by atoms with Crippen molar-refractivity contribution in [2.45, 2.75) is 23.5 Å². The second-order valence-corrected chi connectivity index (χ2v) is 5.13. The van der Waals surface area contributed by atoms with Gasteiger partial charge in [-0.3, -0.25) is 4.99 Å². The maximum absolute atomic E-state index is 4.40. The molecule has 0 saturated heterocycles. The quantitative estimate of drug-likeness (QED) is 0.592. The van der Waals surface area contributed by atoms with Crippen LogP contribution in [0.1, 0.15) is 13.8 Å². The SMILES string of the molecule is CC1(C)C=Nc2ccccc2S1. The summed E-state index contributed by atoms with van der Waals surface area (Å²) in [4.78, 5) is 5.68. The highest BCUT2D eigenvalue weighted by atomic mass is 32.2. The fraction of sp³-hybridized carbons (Fsp3) is 0.300. The van der Waals surface area contributed by atoms with Crippen LogP contribution in [0, 0.1) is 0 Å². The molecule has 0 aliphatic carbocycles.